The normalized spacial score (nSPS) is 9.62. The second kappa shape index (κ2) is 4.36. The lowest BCUT2D eigenvalue weighted by molar-refractivity contribution is -0.384. The third-order valence-corrected chi connectivity index (χ3v) is 1.37. The number of nitrogens with one attached hydrogen (secondary N) is 1. The highest BCUT2D eigenvalue weighted by molar-refractivity contribution is 5.43. The van der Waals surface area contributed by atoms with Gasteiger partial charge in [-0.05, 0) is 0 Å². The molecule has 0 aliphatic rings. The molecule has 1 aromatic heterocycles. The van der Waals surface area contributed by atoms with E-state index in [1.165, 1.54) is 18.3 Å². The maximum Gasteiger partial charge on any atom is 0.274 e. The van der Waals surface area contributed by atoms with E-state index >= 15 is 0 Å². The summed E-state index contributed by atoms with van der Waals surface area (Å²) in [6, 6.07) is 2.62. The molecule has 2 N–H and O–H groups in total. The molecule has 0 spiro atoms. The van der Waals surface area contributed by atoms with Gasteiger partial charge < -0.3 is 10.4 Å². The topological polar surface area (TPSA) is 88.3 Å². The van der Waals surface area contributed by atoms with Crippen molar-refractivity contribution in [3.63, 3.8) is 0 Å². The molecule has 0 amide bonds. The van der Waals surface area contributed by atoms with Gasteiger partial charge in [-0.2, -0.15) is 0 Å². The highest BCUT2D eigenvalue weighted by Crippen LogP contribution is 2.13. The standard InChI is InChI=1S/C7H9N3O3/c11-4-3-9-7-5-6(10(12)13)1-2-8-7/h1-2,5,11H,3-4H2,(H,8,9). The van der Waals surface area contributed by atoms with E-state index in [4.69, 9.17) is 5.11 Å². The van der Waals surface area contributed by atoms with E-state index in [1.807, 2.05) is 0 Å². The molecule has 0 aliphatic heterocycles. The number of aliphatic hydroxyl groups is 1. The average molecular weight is 183 g/mol. The van der Waals surface area contributed by atoms with Gasteiger partial charge >= 0.3 is 0 Å². The number of hydrogen-bond donors (Lipinski definition) is 2. The minimum absolute atomic E-state index is 0.0181. The summed E-state index contributed by atoms with van der Waals surface area (Å²) in [6.07, 6.45) is 1.35. The summed E-state index contributed by atoms with van der Waals surface area (Å²) in [4.78, 5) is 13.7. The molecule has 1 aromatic rings. The Hall–Kier alpha value is -1.69. The van der Waals surface area contributed by atoms with Crippen LogP contribution in [-0.4, -0.2) is 28.2 Å². The Labute approximate surface area is 74.4 Å². The van der Waals surface area contributed by atoms with Crippen LogP contribution in [0.25, 0.3) is 0 Å². The zero-order valence-corrected chi connectivity index (χ0v) is 6.80. The Morgan fingerprint density at radius 1 is 1.69 bits per heavy atom. The molecule has 13 heavy (non-hydrogen) atoms. The first-order valence-corrected chi connectivity index (χ1v) is 3.69. The van der Waals surface area contributed by atoms with Crippen molar-refractivity contribution in [1.82, 2.24) is 4.98 Å². The molecule has 0 unspecified atom stereocenters. The molecule has 70 valence electrons. The van der Waals surface area contributed by atoms with Crippen LogP contribution in [0.4, 0.5) is 11.5 Å². The van der Waals surface area contributed by atoms with Crippen LogP contribution >= 0.6 is 0 Å². The Kier molecular flexibility index (Phi) is 3.15. The summed E-state index contributed by atoms with van der Waals surface area (Å²) >= 11 is 0. The van der Waals surface area contributed by atoms with Crippen molar-refractivity contribution in [1.29, 1.82) is 0 Å². The summed E-state index contributed by atoms with van der Waals surface area (Å²) in [5, 5.41) is 21.5. The summed E-state index contributed by atoms with van der Waals surface area (Å²) < 4.78 is 0. The minimum Gasteiger partial charge on any atom is -0.395 e. The van der Waals surface area contributed by atoms with Crippen molar-refractivity contribution >= 4 is 11.5 Å². The molecule has 0 saturated carbocycles. The fourth-order valence-electron chi connectivity index (χ4n) is 0.814. The third kappa shape index (κ3) is 2.68. The number of aromatic nitrogens is 1. The van der Waals surface area contributed by atoms with Gasteiger partial charge in [-0.3, -0.25) is 10.1 Å². The fourth-order valence-corrected chi connectivity index (χ4v) is 0.814. The van der Waals surface area contributed by atoms with E-state index in [9.17, 15) is 10.1 Å². The Balaban J connectivity index is 2.73. The maximum absolute atomic E-state index is 10.3. The largest absolute Gasteiger partial charge is 0.395 e. The number of hydrogen-bond acceptors (Lipinski definition) is 5. The maximum atomic E-state index is 10.3. The van der Waals surface area contributed by atoms with E-state index in [0.717, 1.165) is 0 Å². The summed E-state index contributed by atoms with van der Waals surface area (Å²) in [7, 11) is 0. The zero-order chi connectivity index (χ0) is 9.68. The molecule has 0 fully saturated rings. The van der Waals surface area contributed by atoms with Crippen LogP contribution in [-0.2, 0) is 0 Å². The molecular formula is C7H9N3O3. The number of pyridine rings is 1. The van der Waals surface area contributed by atoms with E-state index in [2.05, 4.69) is 10.3 Å². The molecule has 0 saturated heterocycles. The number of anilines is 1. The average Bonchev–Trinajstić information content (AvgIpc) is 2.15. The summed E-state index contributed by atoms with van der Waals surface area (Å²) in [5.41, 5.74) is -0.0181. The molecule has 1 rings (SSSR count). The SMILES string of the molecule is O=[N+]([O-])c1ccnc(NCCO)c1. The predicted molar refractivity (Wildman–Crippen MR) is 46.5 cm³/mol. The van der Waals surface area contributed by atoms with Crippen LogP contribution in [0.1, 0.15) is 0 Å². The lowest BCUT2D eigenvalue weighted by Gasteiger charge is -2.01. The predicted octanol–water partition coefficient (Wildman–Crippen LogP) is 0.394. The highest BCUT2D eigenvalue weighted by atomic mass is 16.6. The van der Waals surface area contributed by atoms with Gasteiger partial charge in [-0.25, -0.2) is 4.98 Å². The molecule has 0 aromatic carbocycles. The van der Waals surface area contributed by atoms with Crippen LogP contribution in [0.5, 0.6) is 0 Å². The van der Waals surface area contributed by atoms with Crippen molar-refractivity contribution in [2.24, 2.45) is 0 Å². The second-order valence-electron chi connectivity index (χ2n) is 2.31. The first-order chi connectivity index (χ1) is 6.24. The molecule has 6 nitrogen and oxygen atoms in total. The number of aliphatic hydroxyl groups excluding tert-OH is 1. The number of rotatable bonds is 4. The monoisotopic (exact) mass is 183 g/mol. The van der Waals surface area contributed by atoms with Gasteiger partial charge in [0.05, 0.1) is 17.6 Å². The van der Waals surface area contributed by atoms with Gasteiger partial charge in [-0.1, -0.05) is 0 Å². The van der Waals surface area contributed by atoms with Crippen molar-refractivity contribution < 1.29 is 10.0 Å². The van der Waals surface area contributed by atoms with E-state index < -0.39 is 4.92 Å². The first-order valence-electron chi connectivity index (χ1n) is 3.69. The van der Waals surface area contributed by atoms with Gasteiger partial charge in [0.2, 0.25) is 0 Å². The molecule has 0 atom stereocenters. The molecular weight excluding hydrogens is 174 g/mol. The summed E-state index contributed by atoms with van der Waals surface area (Å²) in [5.74, 6) is 0.392. The first kappa shape index (κ1) is 9.40. The minimum atomic E-state index is -0.494. The van der Waals surface area contributed by atoms with Crippen molar-refractivity contribution in [3.05, 3.63) is 28.4 Å². The van der Waals surface area contributed by atoms with Crippen LogP contribution in [0, 0.1) is 10.1 Å². The van der Waals surface area contributed by atoms with Crippen LogP contribution in [0.2, 0.25) is 0 Å². The van der Waals surface area contributed by atoms with Crippen molar-refractivity contribution in [2.75, 3.05) is 18.5 Å². The van der Waals surface area contributed by atoms with Crippen molar-refractivity contribution in [3.8, 4) is 0 Å². The Bertz CT molecular complexity index is 303. The van der Waals surface area contributed by atoms with Crippen LogP contribution < -0.4 is 5.32 Å². The number of nitro groups is 1. The molecule has 0 radical (unpaired) electrons. The van der Waals surface area contributed by atoms with Crippen LogP contribution in [0.3, 0.4) is 0 Å². The third-order valence-electron chi connectivity index (χ3n) is 1.37. The van der Waals surface area contributed by atoms with Gasteiger partial charge in [0.25, 0.3) is 5.69 Å². The van der Waals surface area contributed by atoms with E-state index in [0.29, 0.717) is 12.4 Å². The Morgan fingerprint density at radius 2 is 2.46 bits per heavy atom. The lowest BCUT2D eigenvalue weighted by atomic mass is 10.4. The van der Waals surface area contributed by atoms with Gasteiger partial charge in [0.15, 0.2) is 0 Å². The van der Waals surface area contributed by atoms with Gasteiger partial charge in [0.1, 0.15) is 5.82 Å². The fraction of sp³-hybridized carbons (Fsp3) is 0.286. The number of nitrogens with zero attached hydrogens (tertiary/aromatic N) is 2. The zero-order valence-electron chi connectivity index (χ0n) is 6.80. The smallest absolute Gasteiger partial charge is 0.274 e. The summed E-state index contributed by atoms with van der Waals surface area (Å²) in [6.45, 7) is 0.290. The molecule has 6 heteroatoms. The van der Waals surface area contributed by atoms with E-state index in [1.54, 1.807) is 0 Å². The van der Waals surface area contributed by atoms with Gasteiger partial charge in [-0.15, -0.1) is 0 Å². The molecule has 1 heterocycles. The van der Waals surface area contributed by atoms with Gasteiger partial charge in [0, 0.05) is 18.8 Å². The quantitative estimate of drug-likeness (QED) is 0.520. The molecule has 0 aliphatic carbocycles. The molecule has 0 bridgehead atoms. The Morgan fingerprint density at radius 3 is 3.08 bits per heavy atom. The van der Waals surface area contributed by atoms with E-state index in [-0.39, 0.29) is 12.3 Å². The van der Waals surface area contributed by atoms with Crippen molar-refractivity contribution in [2.45, 2.75) is 0 Å². The highest BCUT2D eigenvalue weighted by Gasteiger charge is 2.05. The van der Waals surface area contributed by atoms with Crippen LogP contribution in [0.15, 0.2) is 18.3 Å². The second-order valence-corrected chi connectivity index (χ2v) is 2.31. The lowest BCUT2D eigenvalue weighted by Crippen LogP contribution is -2.06.